The van der Waals surface area contributed by atoms with Crippen LogP contribution < -0.4 is 5.73 Å². The summed E-state index contributed by atoms with van der Waals surface area (Å²) in [5.41, 5.74) is 6.73. The van der Waals surface area contributed by atoms with Gasteiger partial charge >= 0.3 is 0 Å². The number of rotatable bonds is 11. The molecular weight excluding hydrogens is 359 g/mol. The molecule has 0 aromatic carbocycles. The summed E-state index contributed by atoms with van der Waals surface area (Å²) in [6.07, 6.45) is 6.33. The standard InChI is InChI=1S/C16H36BNO3P2S/c1-5-7-9-11-23(19-3,10-8-6-2)21-14-13(12-24)20-15(17)16(14,18)22-4/h11,13-15,22,24H,5-10,12,17-18H2,1-4H3/t13?,14-,15?,16?,23?/m0/s1. The van der Waals surface area contributed by atoms with Gasteiger partial charge in [0.2, 0.25) is 0 Å². The van der Waals surface area contributed by atoms with E-state index in [4.69, 9.17) is 19.5 Å². The van der Waals surface area contributed by atoms with Crippen molar-refractivity contribution in [1.29, 1.82) is 0 Å². The Kier molecular flexibility index (Phi) is 10.5. The summed E-state index contributed by atoms with van der Waals surface area (Å²) in [6, 6.07) is -0.0245. The Hall–Kier alpha value is 0.985. The van der Waals surface area contributed by atoms with E-state index in [0.29, 0.717) is 14.3 Å². The molecule has 4 nitrogen and oxygen atoms in total. The average Bonchev–Trinajstić information content (AvgIpc) is 2.84. The summed E-state index contributed by atoms with van der Waals surface area (Å²) in [7, 11) is 2.33. The molecule has 142 valence electrons. The fraction of sp³-hybridized carbons (Fsp3) is 0.938. The molecule has 1 heterocycles. The Labute approximate surface area is 157 Å². The first kappa shape index (κ1) is 23.0. The molecule has 1 aliphatic rings. The molecule has 24 heavy (non-hydrogen) atoms. The Morgan fingerprint density at radius 1 is 1.38 bits per heavy atom. The molecule has 5 unspecified atom stereocenters. The number of hydrogen-bond donors (Lipinski definition) is 2. The first-order valence-corrected chi connectivity index (χ1v) is 13.1. The van der Waals surface area contributed by atoms with Gasteiger partial charge in [-0.15, -0.1) is 0 Å². The molecule has 6 atom stereocenters. The second-order valence-corrected chi connectivity index (χ2v) is 11.1. The predicted molar refractivity (Wildman–Crippen MR) is 116 cm³/mol. The van der Waals surface area contributed by atoms with Crippen molar-refractivity contribution in [2.45, 2.75) is 69.4 Å². The van der Waals surface area contributed by atoms with Crippen LogP contribution in [0.4, 0.5) is 0 Å². The van der Waals surface area contributed by atoms with Crippen molar-refractivity contribution >= 4 is 42.2 Å². The fourth-order valence-electron chi connectivity index (χ4n) is 3.08. The van der Waals surface area contributed by atoms with Gasteiger partial charge in [0.25, 0.3) is 0 Å². The third kappa shape index (κ3) is 5.49. The Bertz CT molecular complexity index is 430. The first-order valence-electron chi connectivity index (χ1n) is 9.13. The summed E-state index contributed by atoms with van der Waals surface area (Å²) >= 11 is 4.47. The third-order valence-corrected chi connectivity index (χ3v) is 9.74. The lowest BCUT2D eigenvalue weighted by Crippen LogP contribution is -2.53. The number of hydrogen-bond acceptors (Lipinski definition) is 5. The van der Waals surface area contributed by atoms with Gasteiger partial charge < -0.3 is 19.5 Å². The number of unbranched alkanes of at least 4 members (excludes halogenated alkanes) is 3. The molecule has 0 aliphatic carbocycles. The second kappa shape index (κ2) is 11.0. The van der Waals surface area contributed by atoms with E-state index >= 15 is 0 Å². The largest absolute Gasteiger partial charge is 0.378 e. The van der Waals surface area contributed by atoms with Crippen LogP contribution >= 0.6 is 28.5 Å². The molecule has 0 amide bonds. The van der Waals surface area contributed by atoms with Gasteiger partial charge in [0.05, 0.1) is 11.4 Å². The van der Waals surface area contributed by atoms with E-state index in [1.807, 2.05) is 0 Å². The van der Waals surface area contributed by atoms with Gasteiger partial charge in [-0.25, -0.2) is 0 Å². The van der Waals surface area contributed by atoms with E-state index in [0.717, 1.165) is 31.8 Å². The monoisotopic (exact) mass is 395 g/mol. The molecule has 0 aromatic heterocycles. The van der Waals surface area contributed by atoms with Crippen molar-refractivity contribution in [3.8, 4) is 0 Å². The summed E-state index contributed by atoms with van der Waals surface area (Å²) < 4.78 is 18.8. The topological polar surface area (TPSA) is 53.7 Å². The van der Waals surface area contributed by atoms with Crippen LogP contribution in [-0.2, 0) is 13.8 Å². The molecule has 1 saturated heterocycles. The molecule has 0 radical (unpaired) electrons. The van der Waals surface area contributed by atoms with Crippen molar-refractivity contribution < 1.29 is 13.8 Å². The average molecular weight is 395 g/mol. The van der Waals surface area contributed by atoms with Crippen LogP contribution in [0.3, 0.4) is 0 Å². The van der Waals surface area contributed by atoms with Crippen molar-refractivity contribution in [2.24, 2.45) is 5.73 Å². The Balaban J connectivity index is 3.11. The zero-order valence-corrected chi connectivity index (χ0v) is 18.7. The molecule has 1 fully saturated rings. The van der Waals surface area contributed by atoms with Gasteiger partial charge in [0.15, 0.2) is 0 Å². The zero-order chi connectivity index (χ0) is 18.2. The molecule has 1 rings (SSSR count). The molecule has 0 bridgehead atoms. The van der Waals surface area contributed by atoms with Gasteiger partial charge in [-0.3, -0.25) is 0 Å². The summed E-state index contributed by atoms with van der Waals surface area (Å²) in [5, 5.41) is -0.456. The van der Waals surface area contributed by atoms with E-state index in [-0.39, 0.29) is 18.2 Å². The van der Waals surface area contributed by atoms with E-state index in [2.05, 4.69) is 46.8 Å². The lowest BCUT2D eigenvalue weighted by atomic mass is 9.90. The smallest absolute Gasteiger partial charge is 0.142 e. The molecule has 8 heteroatoms. The van der Waals surface area contributed by atoms with Crippen LogP contribution in [0.2, 0.25) is 0 Å². The molecule has 0 aromatic rings. The third-order valence-electron chi connectivity index (χ3n) is 4.86. The lowest BCUT2D eigenvalue weighted by molar-refractivity contribution is 0.0575. The summed E-state index contributed by atoms with van der Waals surface area (Å²) in [4.78, 5) is 0. The number of nitrogens with two attached hydrogens (primary N) is 1. The lowest BCUT2D eigenvalue weighted by Gasteiger charge is -2.37. The molecule has 0 saturated carbocycles. The van der Waals surface area contributed by atoms with Crippen LogP contribution in [-0.4, -0.2) is 62.8 Å². The maximum Gasteiger partial charge on any atom is 0.142 e. The van der Waals surface area contributed by atoms with Crippen LogP contribution in [0.1, 0.15) is 46.0 Å². The van der Waals surface area contributed by atoms with Crippen LogP contribution in [0, 0.1) is 0 Å². The minimum Gasteiger partial charge on any atom is -0.378 e. The summed E-state index contributed by atoms with van der Waals surface area (Å²) in [5.74, 6) is 2.93. The summed E-state index contributed by atoms with van der Waals surface area (Å²) in [6.45, 7) is 6.55. The Morgan fingerprint density at radius 2 is 2.04 bits per heavy atom. The molecule has 2 N–H and O–H groups in total. The maximum atomic E-state index is 6.73. The molecule has 1 aliphatic heterocycles. The zero-order valence-electron chi connectivity index (χ0n) is 16.0. The fourth-order valence-corrected chi connectivity index (χ4v) is 7.28. The SMILES string of the molecule is BC1OC(CS)[C@H](OP(=CCCCC)(CCCC)OC)C1(N)PC. The highest BCUT2D eigenvalue weighted by atomic mass is 32.1. The quantitative estimate of drug-likeness (QED) is 0.245. The maximum absolute atomic E-state index is 6.73. The number of thiol groups is 1. The highest BCUT2D eigenvalue weighted by Crippen LogP contribution is 2.55. The van der Waals surface area contributed by atoms with Gasteiger partial charge in [-0.2, -0.15) is 12.6 Å². The van der Waals surface area contributed by atoms with Crippen LogP contribution in [0.25, 0.3) is 0 Å². The van der Waals surface area contributed by atoms with E-state index < -0.39 is 12.6 Å². The van der Waals surface area contributed by atoms with E-state index in [1.165, 1.54) is 6.42 Å². The van der Waals surface area contributed by atoms with Gasteiger partial charge in [0, 0.05) is 25.0 Å². The molecular formula is C16H36BNO3P2S. The Morgan fingerprint density at radius 3 is 2.54 bits per heavy atom. The van der Waals surface area contributed by atoms with Gasteiger partial charge in [-0.1, -0.05) is 35.3 Å². The van der Waals surface area contributed by atoms with E-state index in [9.17, 15) is 0 Å². The predicted octanol–water partition coefficient (Wildman–Crippen LogP) is 2.91. The van der Waals surface area contributed by atoms with E-state index in [1.54, 1.807) is 7.11 Å². The second-order valence-electron chi connectivity index (χ2n) is 6.52. The van der Waals surface area contributed by atoms with Crippen molar-refractivity contribution in [2.75, 3.05) is 25.7 Å². The van der Waals surface area contributed by atoms with Crippen molar-refractivity contribution in [3.05, 3.63) is 0 Å². The first-order chi connectivity index (χ1) is 11.4. The minimum absolute atomic E-state index is 0.0245. The minimum atomic E-state index is -2.06. The van der Waals surface area contributed by atoms with Crippen LogP contribution in [0.15, 0.2) is 0 Å². The molecule has 0 spiro atoms. The highest BCUT2D eigenvalue weighted by molar-refractivity contribution is 7.80. The van der Waals surface area contributed by atoms with Crippen LogP contribution in [0.5, 0.6) is 0 Å². The normalized spacial score (nSPS) is 33.2. The van der Waals surface area contributed by atoms with Crippen molar-refractivity contribution in [1.82, 2.24) is 0 Å². The van der Waals surface area contributed by atoms with Gasteiger partial charge in [0.1, 0.15) is 21.3 Å². The number of ether oxygens (including phenoxy) is 1. The van der Waals surface area contributed by atoms with Crippen molar-refractivity contribution in [3.63, 3.8) is 0 Å². The highest BCUT2D eigenvalue weighted by Gasteiger charge is 2.52. The van der Waals surface area contributed by atoms with Gasteiger partial charge in [-0.05, 0) is 31.7 Å².